The van der Waals surface area contributed by atoms with Crippen LogP contribution in [0.2, 0.25) is 0 Å². The van der Waals surface area contributed by atoms with Crippen LogP contribution in [0.5, 0.6) is 0 Å². The van der Waals surface area contributed by atoms with E-state index >= 15 is 0 Å². The van der Waals surface area contributed by atoms with Crippen LogP contribution in [0.15, 0.2) is 90.7 Å². The third-order valence-electron chi connectivity index (χ3n) is 2.85. The Labute approximate surface area is 156 Å². The third-order valence-corrected chi connectivity index (χ3v) is 3.00. The van der Waals surface area contributed by atoms with Gasteiger partial charge in [0.25, 0.3) is 0 Å². The normalized spacial score (nSPS) is 9.44. The molecule has 2 aromatic rings. The Hall–Kier alpha value is -2.65. The molecule has 0 saturated heterocycles. The van der Waals surface area contributed by atoms with Crippen LogP contribution in [-0.4, -0.2) is 4.58 Å². The van der Waals surface area contributed by atoms with E-state index in [0.717, 1.165) is 16.7 Å². The Morgan fingerprint density at radius 1 is 0.680 bits per heavy atom. The van der Waals surface area contributed by atoms with E-state index in [1.807, 2.05) is 67.1 Å². The van der Waals surface area contributed by atoms with Crippen LogP contribution >= 0.6 is 0 Å². The van der Waals surface area contributed by atoms with Crippen LogP contribution in [0.25, 0.3) is 5.57 Å². The summed E-state index contributed by atoms with van der Waals surface area (Å²) in [6.45, 7) is 9.00. The van der Waals surface area contributed by atoms with Crippen LogP contribution < -0.4 is 0 Å². The van der Waals surface area contributed by atoms with Gasteiger partial charge in [-0.05, 0) is 0 Å². The molecule has 0 saturated carbocycles. The molecule has 0 unspecified atom stereocenters. The molecule has 0 fully saturated rings. The van der Waals surface area contributed by atoms with E-state index in [9.17, 15) is 0 Å². The van der Waals surface area contributed by atoms with Gasteiger partial charge < -0.3 is 0 Å². The summed E-state index contributed by atoms with van der Waals surface area (Å²) in [6.07, 6.45) is 10.0. The zero-order valence-corrected chi connectivity index (χ0v) is 14.5. The van der Waals surface area contributed by atoms with E-state index in [1.165, 1.54) is 0 Å². The number of benzene rings is 2. The summed E-state index contributed by atoms with van der Waals surface area (Å²) < 4.78 is 17.8. The van der Waals surface area contributed by atoms with Gasteiger partial charge in [0.05, 0.1) is 0 Å². The van der Waals surface area contributed by atoms with Gasteiger partial charge in [-0.2, -0.15) is 0 Å². The molecular weight excluding hydrogens is 351 g/mol. The summed E-state index contributed by atoms with van der Waals surface area (Å²) in [5.74, 6) is 0. The molecule has 0 heterocycles. The van der Waals surface area contributed by atoms with E-state index in [1.54, 1.807) is 0 Å². The summed E-state index contributed by atoms with van der Waals surface area (Å²) in [4.78, 5) is 0. The SMILES string of the molecule is [C-]#[O+].[C-]#[O+].[CH]1C=CC=C1.[Mn]=[C]=C=C(c1ccccc1)c1ccccc1. The molecule has 0 spiro atoms. The Bertz CT molecular complexity index is 729. The first kappa shape index (κ1) is 22.3. The fourth-order valence-corrected chi connectivity index (χ4v) is 2.04. The van der Waals surface area contributed by atoms with Crippen LogP contribution in [0.3, 0.4) is 0 Å². The first-order valence-corrected chi connectivity index (χ1v) is 7.68. The summed E-state index contributed by atoms with van der Waals surface area (Å²) in [5, 5.41) is 0. The molecule has 3 heteroatoms. The number of allylic oxidation sites excluding steroid dienone is 4. The van der Waals surface area contributed by atoms with Gasteiger partial charge in [0.1, 0.15) is 0 Å². The molecule has 3 rings (SSSR count). The zero-order valence-electron chi connectivity index (χ0n) is 13.4. The van der Waals surface area contributed by atoms with E-state index < -0.39 is 0 Å². The van der Waals surface area contributed by atoms with Crippen molar-refractivity contribution in [3.63, 3.8) is 0 Å². The zero-order chi connectivity index (χ0) is 18.8. The molecule has 122 valence electrons. The average molecular weight is 366 g/mol. The van der Waals surface area contributed by atoms with Gasteiger partial charge in [-0.15, -0.1) is 0 Å². The molecule has 2 aromatic carbocycles. The van der Waals surface area contributed by atoms with E-state index in [-0.39, 0.29) is 0 Å². The molecule has 0 bridgehead atoms. The first-order chi connectivity index (χ1) is 12.4. The number of rotatable bonds is 2. The Balaban J connectivity index is 0.000000534. The van der Waals surface area contributed by atoms with Crippen molar-refractivity contribution < 1.29 is 24.9 Å². The molecule has 1 radical (unpaired) electrons. The molecule has 0 amide bonds. The van der Waals surface area contributed by atoms with Crippen LogP contribution in [0.4, 0.5) is 0 Å². The van der Waals surface area contributed by atoms with Crippen molar-refractivity contribution in [2.24, 2.45) is 0 Å². The van der Waals surface area contributed by atoms with Crippen molar-refractivity contribution in [2.45, 2.75) is 0 Å². The molecular formula is C22H15MnO2. The fourth-order valence-electron chi connectivity index (χ4n) is 1.89. The van der Waals surface area contributed by atoms with Gasteiger partial charge in [-0.3, -0.25) is 0 Å². The minimum atomic E-state index is 1.04. The molecule has 0 aliphatic heterocycles. The molecule has 0 N–H and O–H groups in total. The first-order valence-electron chi connectivity index (χ1n) is 7.09. The van der Waals surface area contributed by atoms with Crippen LogP contribution in [-0.2, 0) is 24.9 Å². The fraction of sp³-hybridized carbons (Fsp3) is 0. The summed E-state index contributed by atoms with van der Waals surface area (Å²) in [5.41, 5.74) is 6.42. The van der Waals surface area contributed by atoms with Crippen LogP contribution in [0.1, 0.15) is 11.1 Å². The van der Waals surface area contributed by atoms with Gasteiger partial charge >= 0.3 is 126 Å². The second-order valence-corrected chi connectivity index (χ2v) is 4.58. The monoisotopic (exact) mass is 366 g/mol. The summed E-state index contributed by atoms with van der Waals surface area (Å²) in [7, 11) is 0. The van der Waals surface area contributed by atoms with Gasteiger partial charge in [0.2, 0.25) is 0 Å². The molecule has 0 atom stereocenters. The Kier molecular flexibility index (Phi) is 14.5. The second-order valence-electron chi connectivity index (χ2n) is 4.29. The van der Waals surface area contributed by atoms with Crippen molar-refractivity contribution in [1.29, 1.82) is 0 Å². The summed E-state index contributed by atoms with van der Waals surface area (Å²) in [6, 6.07) is 20.4. The molecule has 0 aromatic heterocycles. The quantitative estimate of drug-likeness (QED) is 0.326. The second kappa shape index (κ2) is 16.2. The van der Waals surface area contributed by atoms with Gasteiger partial charge in [0.15, 0.2) is 0 Å². The Morgan fingerprint density at radius 2 is 1.08 bits per heavy atom. The van der Waals surface area contributed by atoms with Crippen LogP contribution in [0, 0.1) is 19.7 Å². The predicted octanol–water partition coefficient (Wildman–Crippen LogP) is 4.46. The van der Waals surface area contributed by atoms with E-state index in [2.05, 4.69) is 63.4 Å². The summed E-state index contributed by atoms with van der Waals surface area (Å²) >= 11 is 3.16. The maximum atomic E-state index is 7.50. The van der Waals surface area contributed by atoms with Crippen molar-refractivity contribution in [2.75, 3.05) is 0 Å². The van der Waals surface area contributed by atoms with Gasteiger partial charge in [-0.25, -0.2) is 0 Å². The average Bonchev–Trinajstić information content (AvgIpc) is 3.31. The molecule has 1 aliphatic rings. The molecule has 1 aliphatic carbocycles. The molecule has 25 heavy (non-hydrogen) atoms. The minimum absolute atomic E-state index is 1.04. The predicted molar refractivity (Wildman–Crippen MR) is 94.4 cm³/mol. The van der Waals surface area contributed by atoms with E-state index in [0.29, 0.717) is 0 Å². The molecule has 2 nitrogen and oxygen atoms in total. The topological polar surface area (TPSA) is 39.8 Å². The third kappa shape index (κ3) is 9.28. The van der Waals surface area contributed by atoms with Crippen molar-refractivity contribution in [3.8, 4) is 0 Å². The van der Waals surface area contributed by atoms with Gasteiger partial charge in [0, 0.05) is 6.42 Å². The van der Waals surface area contributed by atoms with Crippen molar-refractivity contribution in [1.82, 2.24) is 0 Å². The van der Waals surface area contributed by atoms with E-state index in [4.69, 9.17) is 9.30 Å². The number of hydrogen-bond acceptors (Lipinski definition) is 0. The maximum absolute atomic E-state index is 7.50. The van der Waals surface area contributed by atoms with Gasteiger partial charge in [-0.1, -0.05) is 24.3 Å². The standard InChI is InChI=1S/C15H10.C5H5.2CO.Mn/c1-2-15(13-9-5-3-6-10-13)14-11-7-4-8-12-14;1-2-4-5-3-1;2*1-2;/h3-12H;1-5H;;;. The number of hydrogen-bond donors (Lipinski definition) is 0. The van der Waals surface area contributed by atoms with Crippen molar-refractivity contribution >= 4 is 10.1 Å². The Morgan fingerprint density at radius 3 is 1.36 bits per heavy atom. The van der Waals surface area contributed by atoms with Crippen molar-refractivity contribution in [3.05, 3.63) is 122 Å².